The number of carboxylic acid groups (broad SMARTS) is 1. The molecule has 2 rings (SSSR count). The predicted molar refractivity (Wildman–Crippen MR) is 82.5 cm³/mol. The second kappa shape index (κ2) is 6.85. The van der Waals surface area contributed by atoms with E-state index in [0.717, 1.165) is 10.5 Å². The Kier molecular flexibility index (Phi) is 5.12. The van der Waals surface area contributed by atoms with Crippen molar-refractivity contribution in [3.63, 3.8) is 0 Å². The lowest BCUT2D eigenvalue weighted by molar-refractivity contribution is -0.141. The van der Waals surface area contributed by atoms with Gasteiger partial charge in [0.15, 0.2) is 0 Å². The average molecular weight is 308 g/mol. The van der Waals surface area contributed by atoms with E-state index in [2.05, 4.69) is 11.4 Å². The predicted octanol–water partition coefficient (Wildman–Crippen LogP) is 2.33. The third-order valence-electron chi connectivity index (χ3n) is 3.70. The van der Waals surface area contributed by atoms with E-state index in [1.807, 2.05) is 25.3 Å². The summed E-state index contributed by atoms with van der Waals surface area (Å²) in [5.74, 6) is -1.26. The van der Waals surface area contributed by atoms with Crippen LogP contribution in [0.5, 0.6) is 0 Å². The number of hydrogen-bond donors (Lipinski definition) is 2. The molecule has 1 heterocycles. The van der Waals surface area contributed by atoms with Crippen LogP contribution in [0.3, 0.4) is 0 Å². The molecule has 1 aromatic carbocycles. The monoisotopic (exact) mass is 308 g/mol. The summed E-state index contributed by atoms with van der Waals surface area (Å²) in [6.07, 6.45) is 2.54. The Morgan fingerprint density at radius 1 is 1.48 bits per heavy atom. The van der Waals surface area contributed by atoms with Crippen LogP contribution in [0.15, 0.2) is 23.1 Å². The fourth-order valence-corrected chi connectivity index (χ4v) is 3.13. The number of nitrogens with one attached hydrogen (secondary N) is 1. The Balaban J connectivity index is 1.91. The van der Waals surface area contributed by atoms with Gasteiger partial charge in [-0.1, -0.05) is 12.1 Å². The summed E-state index contributed by atoms with van der Waals surface area (Å²) in [7, 11) is 0. The van der Waals surface area contributed by atoms with Crippen LogP contribution in [-0.4, -0.2) is 41.4 Å². The van der Waals surface area contributed by atoms with E-state index in [1.54, 1.807) is 16.7 Å². The Labute approximate surface area is 128 Å². The number of carbonyl (C=O) groups is 2. The molecule has 0 bridgehead atoms. The van der Waals surface area contributed by atoms with Gasteiger partial charge in [0.05, 0.1) is 5.92 Å². The van der Waals surface area contributed by atoms with Gasteiger partial charge in [0, 0.05) is 24.5 Å². The topological polar surface area (TPSA) is 69.6 Å². The molecule has 0 saturated carbocycles. The Morgan fingerprint density at radius 3 is 2.86 bits per heavy atom. The van der Waals surface area contributed by atoms with Gasteiger partial charge in [-0.15, -0.1) is 11.8 Å². The van der Waals surface area contributed by atoms with Crippen LogP contribution in [0.4, 0.5) is 4.79 Å². The number of amides is 2. The van der Waals surface area contributed by atoms with Crippen molar-refractivity contribution in [1.82, 2.24) is 10.2 Å². The van der Waals surface area contributed by atoms with E-state index < -0.39 is 11.9 Å². The fraction of sp³-hybridized carbons (Fsp3) is 0.467. The summed E-state index contributed by atoms with van der Waals surface area (Å²) in [6, 6.07) is 5.96. The van der Waals surface area contributed by atoms with Crippen molar-refractivity contribution < 1.29 is 14.7 Å². The molecule has 1 unspecified atom stereocenters. The largest absolute Gasteiger partial charge is 0.481 e. The summed E-state index contributed by atoms with van der Waals surface area (Å²) in [4.78, 5) is 25.7. The summed E-state index contributed by atoms with van der Waals surface area (Å²) in [5, 5.41) is 11.8. The standard InChI is InChI=1S/C15H20N2O3S/c1-10-3-4-11(13(7-10)21-2)8-16-15(20)17-6-5-12(9-17)14(18)19/h3-4,7,12H,5-6,8-9H2,1-2H3,(H,16,20)(H,18,19). The molecule has 5 nitrogen and oxygen atoms in total. The molecule has 21 heavy (non-hydrogen) atoms. The quantitative estimate of drug-likeness (QED) is 0.838. The number of benzene rings is 1. The molecule has 1 atom stereocenters. The molecule has 1 aromatic rings. The summed E-state index contributed by atoms with van der Waals surface area (Å²) in [5.41, 5.74) is 2.27. The van der Waals surface area contributed by atoms with Gasteiger partial charge in [-0.25, -0.2) is 4.79 Å². The second-order valence-corrected chi connectivity index (χ2v) is 6.09. The molecule has 114 valence electrons. The van der Waals surface area contributed by atoms with Gasteiger partial charge in [-0.3, -0.25) is 4.79 Å². The summed E-state index contributed by atoms with van der Waals surface area (Å²) in [6.45, 7) is 3.30. The lowest BCUT2D eigenvalue weighted by Crippen LogP contribution is -2.38. The van der Waals surface area contributed by atoms with E-state index in [9.17, 15) is 9.59 Å². The van der Waals surface area contributed by atoms with Crippen LogP contribution in [0.25, 0.3) is 0 Å². The molecular formula is C15H20N2O3S. The minimum Gasteiger partial charge on any atom is -0.481 e. The molecule has 6 heteroatoms. The molecule has 0 aromatic heterocycles. The minimum atomic E-state index is -0.825. The Bertz CT molecular complexity index is 548. The highest BCUT2D eigenvalue weighted by Crippen LogP contribution is 2.22. The van der Waals surface area contributed by atoms with Crippen LogP contribution in [0.1, 0.15) is 17.5 Å². The number of thioether (sulfide) groups is 1. The van der Waals surface area contributed by atoms with Crippen molar-refractivity contribution in [2.45, 2.75) is 24.8 Å². The number of rotatable bonds is 4. The first-order chi connectivity index (χ1) is 10.0. The van der Waals surface area contributed by atoms with Crippen molar-refractivity contribution in [3.8, 4) is 0 Å². The lowest BCUT2D eigenvalue weighted by Gasteiger charge is -2.17. The molecule has 2 N–H and O–H groups in total. The number of carboxylic acids is 1. The zero-order valence-electron chi connectivity index (χ0n) is 12.3. The molecule has 0 radical (unpaired) electrons. The zero-order chi connectivity index (χ0) is 15.4. The number of likely N-dealkylation sites (tertiary alicyclic amines) is 1. The minimum absolute atomic E-state index is 0.189. The van der Waals surface area contributed by atoms with Gasteiger partial charge >= 0.3 is 12.0 Å². The number of carbonyl (C=O) groups excluding carboxylic acids is 1. The molecule has 2 amide bonds. The highest BCUT2D eigenvalue weighted by atomic mass is 32.2. The van der Waals surface area contributed by atoms with Crippen molar-refractivity contribution >= 4 is 23.8 Å². The zero-order valence-corrected chi connectivity index (χ0v) is 13.1. The molecule has 0 aliphatic carbocycles. The summed E-state index contributed by atoms with van der Waals surface area (Å²) >= 11 is 1.66. The smallest absolute Gasteiger partial charge is 0.317 e. The van der Waals surface area contributed by atoms with Crippen molar-refractivity contribution in [2.75, 3.05) is 19.3 Å². The van der Waals surface area contributed by atoms with Gasteiger partial charge in [-0.2, -0.15) is 0 Å². The number of hydrogen-bond acceptors (Lipinski definition) is 3. The van der Waals surface area contributed by atoms with Crippen LogP contribution in [0.2, 0.25) is 0 Å². The summed E-state index contributed by atoms with van der Waals surface area (Å²) < 4.78 is 0. The SMILES string of the molecule is CSc1cc(C)ccc1CNC(=O)N1CCC(C(=O)O)C1. The number of nitrogens with zero attached hydrogens (tertiary/aromatic N) is 1. The molecule has 1 aliphatic rings. The maximum Gasteiger partial charge on any atom is 0.317 e. The van der Waals surface area contributed by atoms with Gasteiger partial charge in [0.2, 0.25) is 0 Å². The molecule has 1 saturated heterocycles. The first kappa shape index (κ1) is 15.7. The first-order valence-electron chi connectivity index (χ1n) is 6.90. The van der Waals surface area contributed by atoms with Gasteiger partial charge in [0.1, 0.15) is 0 Å². The maximum absolute atomic E-state index is 12.1. The third kappa shape index (κ3) is 3.91. The van der Waals surface area contributed by atoms with E-state index in [0.29, 0.717) is 26.1 Å². The van der Waals surface area contributed by atoms with E-state index in [1.165, 1.54) is 5.56 Å². The Hall–Kier alpha value is -1.69. The number of urea groups is 1. The van der Waals surface area contributed by atoms with Crippen LogP contribution in [0, 0.1) is 12.8 Å². The molecule has 1 fully saturated rings. The van der Waals surface area contributed by atoms with Gasteiger partial charge in [-0.05, 0) is 36.8 Å². The van der Waals surface area contributed by atoms with Crippen LogP contribution < -0.4 is 5.32 Å². The first-order valence-corrected chi connectivity index (χ1v) is 8.13. The van der Waals surface area contributed by atoms with Gasteiger partial charge < -0.3 is 15.3 Å². The maximum atomic E-state index is 12.1. The van der Waals surface area contributed by atoms with Crippen LogP contribution in [-0.2, 0) is 11.3 Å². The van der Waals surface area contributed by atoms with Crippen LogP contribution >= 0.6 is 11.8 Å². The van der Waals surface area contributed by atoms with Crippen molar-refractivity contribution in [2.24, 2.45) is 5.92 Å². The highest BCUT2D eigenvalue weighted by Gasteiger charge is 2.30. The van der Waals surface area contributed by atoms with Gasteiger partial charge in [0.25, 0.3) is 0 Å². The molecule has 0 spiro atoms. The van der Waals surface area contributed by atoms with Crippen molar-refractivity contribution in [1.29, 1.82) is 0 Å². The molecular weight excluding hydrogens is 288 g/mol. The number of aliphatic carboxylic acids is 1. The highest BCUT2D eigenvalue weighted by molar-refractivity contribution is 7.98. The third-order valence-corrected chi connectivity index (χ3v) is 4.52. The fourth-order valence-electron chi connectivity index (χ4n) is 2.43. The van der Waals surface area contributed by atoms with E-state index in [-0.39, 0.29) is 6.03 Å². The lowest BCUT2D eigenvalue weighted by atomic mass is 10.1. The second-order valence-electron chi connectivity index (χ2n) is 5.24. The van der Waals surface area contributed by atoms with E-state index in [4.69, 9.17) is 5.11 Å². The van der Waals surface area contributed by atoms with E-state index >= 15 is 0 Å². The Morgan fingerprint density at radius 2 is 2.24 bits per heavy atom. The van der Waals surface area contributed by atoms with Crippen molar-refractivity contribution in [3.05, 3.63) is 29.3 Å². The number of aryl methyl sites for hydroxylation is 1. The molecule has 1 aliphatic heterocycles. The average Bonchev–Trinajstić information content (AvgIpc) is 2.95. The normalized spacial score (nSPS) is 17.8.